The van der Waals surface area contributed by atoms with Crippen molar-refractivity contribution in [2.24, 2.45) is 0 Å². The van der Waals surface area contributed by atoms with Gasteiger partial charge in [-0.1, -0.05) is 134 Å². The molecule has 6 atom stereocenters. The molecule has 57 heavy (non-hydrogen) atoms. The highest BCUT2D eigenvalue weighted by Crippen LogP contribution is 2.24. The minimum absolute atomic E-state index is 0.134. The summed E-state index contributed by atoms with van der Waals surface area (Å²) in [5.41, 5.74) is 0. The molecule has 0 amide bonds. The number of aliphatic hydroxyl groups is 3. The van der Waals surface area contributed by atoms with Crippen molar-refractivity contribution in [1.82, 2.24) is 0 Å². The van der Waals surface area contributed by atoms with Gasteiger partial charge in [0.2, 0.25) is 0 Å². The smallest absolute Gasteiger partial charge is 0.306 e. The molecule has 1 rings (SSSR count). The lowest BCUT2D eigenvalue weighted by Crippen LogP contribution is -2.60. The van der Waals surface area contributed by atoms with E-state index in [0.717, 1.165) is 57.8 Å². The number of hydrogen-bond acceptors (Lipinski definition) is 11. The summed E-state index contributed by atoms with van der Waals surface area (Å²) in [6, 6.07) is 0. The normalized spacial score (nSPS) is 20.7. The van der Waals surface area contributed by atoms with Crippen LogP contribution in [-0.4, -0.2) is 96.0 Å². The van der Waals surface area contributed by atoms with Gasteiger partial charge in [-0.15, -0.1) is 0 Å². The zero-order valence-electron chi connectivity index (χ0n) is 35.4. The van der Waals surface area contributed by atoms with Gasteiger partial charge >= 0.3 is 11.9 Å². The number of hydrogen-bond donors (Lipinski definition) is 4. The average Bonchev–Trinajstić information content (AvgIpc) is 3.17. The van der Waals surface area contributed by atoms with Gasteiger partial charge in [0.05, 0.1) is 6.61 Å². The number of allylic oxidation sites excluding steroid dienone is 4. The number of esters is 2. The van der Waals surface area contributed by atoms with Crippen LogP contribution in [0.15, 0.2) is 24.3 Å². The third-order valence-electron chi connectivity index (χ3n) is 10.3. The fraction of sp³-hybridized carbons (Fsp3) is 0.864. The van der Waals surface area contributed by atoms with E-state index in [2.05, 4.69) is 38.2 Å². The molecular formula is C44H80O12S. The van der Waals surface area contributed by atoms with Crippen molar-refractivity contribution in [3.8, 4) is 0 Å². The molecule has 0 spiro atoms. The third kappa shape index (κ3) is 29.9. The molecule has 1 aliphatic rings. The Balaban J connectivity index is 2.48. The molecule has 1 fully saturated rings. The summed E-state index contributed by atoms with van der Waals surface area (Å²) < 4.78 is 54.0. The largest absolute Gasteiger partial charge is 0.462 e. The number of aliphatic hydroxyl groups excluding tert-OH is 3. The Morgan fingerprint density at radius 1 is 0.579 bits per heavy atom. The summed E-state index contributed by atoms with van der Waals surface area (Å²) in [5.74, 6) is -2.02. The van der Waals surface area contributed by atoms with Crippen LogP contribution in [0.1, 0.15) is 187 Å². The SMILES string of the molecule is CCCCCCC/C=C/CCCCCCCC(=O)OC[C@H](CO[C@H]1O[C@H](CS(=O)(=O)O)[C@@H](O)C(O)C1O)OC(=O)CCCC/C=C/CCCCCCCCCCC. The quantitative estimate of drug-likeness (QED) is 0.0202. The van der Waals surface area contributed by atoms with Crippen molar-refractivity contribution in [3.05, 3.63) is 24.3 Å². The highest BCUT2D eigenvalue weighted by molar-refractivity contribution is 7.85. The molecule has 1 saturated heterocycles. The molecule has 1 aliphatic heterocycles. The summed E-state index contributed by atoms with van der Waals surface area (Å²) >= 11 is 0. The fourth-order valence-corrected chi connectivity index (χ4v) is 7.42. The first-order chi connectivity index (χ1) is 27.5. The van der Waals surface area contributed by atoms with Gasteiger partial charge in [-0.25, -0.2) is 0 Å². The van der Waals surface area contributed by atoms with Crippen LogP contribution in [0.25, 0.3) is 0 Å². The Hall–Kier alpha value is -1.87. The summed E-state index contributed by atoms with van der Waals surface area (Å²) in [6.45, 7) is 3.72. The van der Waals surface area contributed by atoms with Gasteiger partial charge in [-0.2, -0.15) is 8.42 Å². The second kappa shape index (κ2) is 34.9. The molecule has 0 saturated carbocycles. The van der Waals surface area contributed by atoms with Crippen LogP contribution < -0.4 is 0 Å². The minimum Gasteiger partial charge on any atom is -0.462 e. The minimum atomic E-state index is -4.60. The van der Waals surface area contributed by atoms with E-state index < -0.39 is 71.2 Å². The Kier molecular flexibility index (Phi) is 32.6. The summed E-state index contributed by atoms with van der Waals surface area (Å²) in [4.78, 5) is 25.4. The maximum absolute atomic E-state index is 12.8. The molecular weight excluding hydrogens is 753 g/mol. The molecule has 13 heteroatoms. The van der Waals surface area contributed by atoms with Gasteiger partial charge in [0.1, 0.15) is 36.8 Å². The summed E-state index contributed by atoms with van der Waals surface area (Å²) in [5, 5.41) is 30.8. The Labute approximate surface area is 345 Å². The molecule has 0 radical (unpaired) electrons. The lowest BCUT2D eigenvalue weighted by Gasteiger charge is -2.40. The van der Waals surface area contributed by atoms with Crippen molar-refractivity contribution in [1.29, 1.82) is 0 Å². The summed E-state index contributed by atoms with van der Waals surface area (Å²) in [6.07, 6.45) is 28.0. The van der Waals surface area contributed by atoms with Crippen LogP contribution >= 0.6 is 0 Å². The van der Waals surface area contributed by atoms with Gasteiger partial charge in [0, 0.05) is 12.8 Å². The predicted molar refractivity (Wildman–Crippen MR) is 224 cm³/mol. The second-order valence-corrected chi connectivity index (χ2v) is 17.2. The van der Waals surface area contributed by atoms with E-state index in [4.69, 9.17) is 18.9 Å². The Bertz CT molecular complexity index is 1160. The molecule has 2 unspecified atom stereocenters. The van der Waals surface area contributed by atoms with E-state index in [1.165, 1.54) is 89.9 Å². The Morgan fingerprint density at radius 2 is 1.00 bits per heavy atom. The molecule has 0 aromatic rings. The van der Waals surface area contributed by atoms with Crippen LogP contribution in [0.4, 0.5) is 0 Å². The molecule has 1 heterocycles. The van der Waals surface area contributed by atoms with Crippen molar-refractivity contribution in [3.63, 3.8) is 0 Å². The van der Waals surface area contributed by atoms with Gasteiger partial charge in [0.25, 0.3) is 10.1 Å². The molecule has 4 N–H and O–H groups in total. The predicted octanol–water partition coefficient (Wildman–Crippen LogP) is 8.84. The van der Waals surface area contributed by atoms with Crippen LogP contribution in [-0.2, 0) is 38.7 Å². The van der Waals surface area contributed by atoms with E-state index in [1.54, 1.807) is 0 Å². The highest BCUT2D eigenvalue weighted by Gasteiger charge is 2.46. The maximum atomic E-state index is 12.8. The van der Waals surface area contributed by atoms with Crippen LogP contribution in [0.2, 0.25) is 0 Å². The maximum Gasteiger partial charge on any atom is 0.306 e. The number of rotatable bonds is 37. The molecule has 0 aromatic carbocycles. The van der Waals surface area contributed by atoms with Crippen molar-refractivity contribution in [2.45, 2.75) is 224 Å². The number of unbranched alkanes of at least 4 members (excludes halogenated alkanes) is 21. The van der Waals surface area contributed by atoms with E-state index in [1.807, 2.05) is 0 Å². The molecule has 0 aliphatic carbocycles. The monoisotopic (exact) mass is 833 g/mol. The van der Waals surface area contributed by atoms with Crippen LogP contribution in [0.5, 0.6) is 0 Å². The van der Waals surface area contributed by atoms with Crippen molar-refractivity contribution >= 4 is 22.1 Å². The summed E-state index contributed by atoms with van der Waals surface area (Å²) in [7, 11) is -4.60. The van der Waals surface area contributed by atoms with Crippen LogP contribution in [0, 0.1) is 0 Å². The standard InChI is InChI=1S/C44H80O12S/c1-3-5-7-9-11-13-15-17-19-21-23-25-27-29-31-33-40(46)55-37(35-54-44-43(49)42(48)41(47)38(56-44)36-57(50,51)52)34-53-39(45)32-30-28-26-24-22-20-18-16-14-12-10-8-6-4-2/h16,18,23,25,37-38,41-44,47-49H,3-15,17,19-22,24,26-36H2,1-2H3,(H,50,51,52)/b18-16+,25-23+/t37-,38-,41-,42?,43?,44+/m1/s1. The third-order valence-corrected chi connectivity index (χ3v) is 11.0. The number of carbonyl (C=O) groups excluding carboxylic acids is 2. The lowest BCUT2D eigenvalue weighted by molar-refractivity contribution is -0.297. The van der Waals surface area contributed by atoms with E-state index >= 15 is 0 Å². The first kappa shape index (κ1) is 53.1. The second-order valence-electron chi connectivity index (χ2n) is 15.7. The van der Waals surface area contributed by atoms with Gasteiger partial charge in [-0.3, -0.25) is 14.1 Å². The first-order valence-corrected chi connectivity index (χ1v) is 24.0. The van der Waals surface area contributed by atoms with E-state index in [-0.39, 0.29) is 19.4 Å². The average molecular weight is 833 g/mol. The zero-order chi connectivity index (χ0) is 42.0. The van der Waals surface area contributed by atoms with Crippen LogP contribution in [0.3, 0.4) is 0 Å². The topological polar surface area (TPSA) is 186 Å². The molecule has 12 nitrogen and oxygen atoms in total. The van der Waals surface area contributed by atoms with E-state index in [9.17, 15) is 37.9 Å². The Morgan fingerprint density at radius 3 is 1.49 bits per heavy atom. The number of carbonyl (C=O) groups is 2. The van der Waals surface area contributed by atoms with Gasteiger partial charge < -0.3 is 34.3 Å². The van der Waals surface area contributed by atoms with E-state index in [0.29, 0.717) is 12.8 Å². The van der Waals surface area contributed by atoms with Gasteiger partial charge in [-0.05, 0) is 64.2 Å². The lowest BCUT2D eigenvalue weighted by atomic mass is 10.00. The zero-order valence-corrected chi connectivity index (χ0v) is 36.3. The molecule has 0 bridgehead atoms. The molecule has 0 aromatic heterocycles. The fourth-order valence-electron chi connectivity index (χ4n) is 6.72. The highest BCUT2D eigenvalue weighted by atomic mass is 32.2. The molecule has 334 valence electrons. The van der Waals surface area contributed by atoms with Gasteiger partial charge in [0.15, 0.2) is 12.4 Å². The number of ether oxygens (including phenoxy) is 4. The van der Waals surface area contributed by atoms with Crippen molar-refractivity contribution in [2.75, 3.05) is 19.0 Å². The van der Waals surface area contributed by atoms with Crippen molar-refractivity contribution < 1.29 is 56.8 Å². The first-order valence-electron chi connectivity index (χ1n) is 22.4.